The van der Waals surface area contributed by atoms with Gasteiger partial charge in [0.15, 0.2) is 0 Å². The number of anilines is 1. The smallest absolute Gasteiger partial charge is 0.232 e. The maximum absolute atomic E-state index is 12.8. The summed E-state index contributed by atoms with van der Waals surface area (Å²) in [6.07, 6.45) is 3.46. The molecule has 0 bridgehead atoms. The van der Waals surface area contributed by atoms with Crippen LogP contribution in [0, 0.1) is 0 Å². The quantitative estimate of drug-likeness (QED) is 0.831. The standard InChI is InChI=1S/C16H24N2O/c1-12-6-4-5-11-18(12)15(19)16(2,3)13-7-9-14(17)10-8-13/h7-10,12H,4-6,11,17H2,1-3H3. The summed E-state index contributed by atoms with van der Waals surface area (Å²) >= 11 is 0. The molecule has 1 aliphatic rings. The molecule has 2 N–H and O–H groups in total. The van der Waals surface area contributed by atoms with Crippen LogP contribution in [0.5, 0.6) is 0 Å². The average molecular weight is 260 g/mol. The molecule has 0 radical (unpaired) electrons. The van der Waals surface area contributed by atoms with Crippen LogP contribution in [0.3, 0.4) is 0 Å². The maximum Gasteiger partial charge on any atom is 0.232 e. The fourth-order valence-corrected chi connectivity index (χ4v) is 2.78. The lowest BCUT2D eigenvalue weighted by molar-refractivity contribution is -0.139. The lowest BCUT2D eigenvalue weighted by Crippen LogP contribution is -2.49. The van der Waals surface area contributed by atoms with Gasteiger partial charge in [-0.3, -0.25) is 4.79 Å². The molecule has 1 heterocycles. The fourth-order valence-electron chi connectivity index (χ4n) is 2.78. The Morgan fingerprint density at radius 3 is 2.47 bits per heavy atom. The zero-order valence-electron chi connectivity index (χ0n) is 12.1. The molecule has 104 valence electrons. The van der Waals surface area contributed by atoms with E-state index in [1.54, 1.807) is 0 Å². The minimum absolute atomic E-state index is 0.226. The Hall–Kier alpha value is -1.51. The van der Waals surface area contributed by atoms with E-state index in [1.807, 2.05) is 43.0 Å². The van der Waals surface area contributed by atoms with E-state index < -0.39 is 5.41 Å². The summed E-state index contributed by atoms with van der Waals surface area (Å²) in [7, 11) is 0. The van der Waals surface area contributed by atoms with Gasteiger partial charge in [-0.1, -0.05) is 12.1 Å². The molecule has 1 fully saturated rings. The van der Waals surface area contributed by atoms with E-state index in [4.69, 9.17) is 5.73 Å². The van der Waals surface area contributed by atoms with Crippen molar-refractivity contribution >= 4 is 11.6 Å². The van der Waals surface area contributed by atoms with Gasteiger partial charge in [0.25, 0.3) is 0 Å². The number of benzene rings is 1. The van der Waals surface area contributed by atoms with E-state index in [0.29, 0.717) is 6.04 Å². The lowest BCUT2D eigenvalue weighted by atomic mass is 9.82. The third-order valence-corrected chi connectivity index (χ3v) is 4.23. The molecule has 1 atom stereocenters. The number of carbonyl (C=O) groups is 1. The normalized spacial score (nSPS) is 20.4. The largest absolute Gasteiger partial charge is 0.399 e. The van der Waals surface area contributed by atoms with E-state index in [-0.39, 0.29) is 5.91 Å². The second-order valence-corrected chi connectivity index (χ2v) is 6.09. The summed E-state index contributed by atoms with van der Waals surface area (Å²) in [5.74, 6) is 0.226. The molecule has 3 nitrogen and oxygen atoms in total. The summed E-state index contributed by atoms with van der Waals surface area (Å²) in [6.45, 7) is 7.04. The molecule has 0 spiro atoms. The Bertz CT molecular complexity index is 450. The number of nitrogens with zero attached hydrogens (tertiary/aromatic N) is 1. The second kappa shape index (κ2) is 5.24. The van der Waals surface area contributed by atoms with Crippen molar-refractivity contribution in [2.45, 2.75) is 51.5 Å². The van der Waals surface area contributed by atoms with Crippen LogP contribution in [0.2, 0.25) is 0 Å². The van der Waals surface area contributed by atoms with Crippen molar-refractivity contribution in [3.05, 3.63) is 29.8 Å². The van der Waals surface area contributed by atoms with Crippen LogP contribution in [0.15, 0.2) is 24.3 Å². The monoisotopic (exact) mass is 260 g/mol. The van der Waals surface area contributed by atoms with Gasteiger partial charge in [-0.2, -0.15) is 0 Å². The van der Waals surface area contributed by atoms with Gasteiger partial charge in [-0.25, -0.2) is 0 Å². The molecule has 1 aromatic carbocycles. The number of hydrogen-bond donors (Lipinski definition) is 1. The van der Waals surface area contributed by atoms with Gasteiger partial charge in [-0.15, -0.1) is 0 Å². The summed E-state index contributed by atoms with van der Waals surface area (Å²) in [5, 5.41) is 0. The third-order valence-electron chi connectivity index (χ3n) is 4.23. The van der Waals surface area contributed by atoms with Gasteiger partial charge in [0.05, 0.1) is 5.41 Å². The highest BCUT2D eigenvalue weighted by Crippen LogP contribution is 2.29. The van der Waals surface area contributed by atoms with E-state index >= 15 is 0 Å². The van der Waals surface area contributed by atoms with Gasteiger partial charge < -0.3 is 10.6 Å². The number of rotatable bonds is 2. The number of hydrogen-bond acceptors (Lipinski definition) is 2. The van der Waals surface area contributed by atoms with Crippen LogP contribution in [0.25, 0.3) is 0 Å². The minimum Gasteiger partial charge on any atom is -0.399 e. The van der Waals surface area contributed by atoms with Crippen molar-refractivity contribution in [2.75, 3.05) is 12.3 Å². The molecular formula is C16H24N2O. The van der Waals surface area contributed by atoms with Gasteiger partial charge >= 0.3 is 0 Å². The number of nitrogen functional groups attached to an aromatic ring is 1. The number of amides is 1. The van der Waals surface area contributed by atoms with E-state index in [1.165, 1.54) is 6.42 Å². The number of piperidine rings is 1. The molecule has 1 saturated heterocycles. The zero-order valence-corrected chi connectivity index (χ0v) is 12.1. The number of likely N-dealkylation sites (tertiary alicyclic amines) is 1. The van der Waals surface area contributed by atoms with E-state index in [0.717, 1.165) is 30.6 Å². The second-order valence-electron chi connectivity index (χ2n) is 6.09. The average Bonchev–Trinajstić information content (AvgIpc) is 2.39. The van der Waals surface area contributed by atoms with Crippen molar-refractivity contribution in [1.82, 2.24) is 4.90 Å². The van der Waals surface area contributed by atoms with E-state index in [2.05, 4.69) is 6.92 Å². The van der Waals surface area contributed by atoms with Crippen molar-refractivity contribution in [3.63, 3.8) is 0 Å². The van der Waals surface area contributed by atoms with Crippen LogP contribution in [0.4, 0.5) is 5.69 Å². The Morgan fingerprint density at radius 1 is 1.26 bits per heavy atom. The summed E-state index contributed by atoms with van der Waals surface area (Å²) in [5.41, 5.74) is 7.00. The van der Waals surface area contributed by atoms with E-state index in [9.17, 15) is 4.79 Å². The Labute approximate surface area is 115 Å². The molecule has 0 aliphatic carbocycles. The molecule has 1 unspecified atom stereocenters. The van der Waals surface area contributed by atoms with Crippen LogP contribution in [-0.2, 0) is 10.2 Å². The first-order valence-electron chi connectivity index (χ1n) is 7.10. The number of nitrogens with two attached hydrogens (primary N) is 1. The first kappa shape index (κ1) is 13.9. The highest BCUT2D eigenvalue weighted by atomic mass is 16.2. The topological polar surface area (TPSA) is 46.3 Å². The molecule has 1 aromatic rings. The van der Waals surface area contributed by atoms with Gasteiger partial charge in [-0.05, 0) is 57.7 Å². The molecule has 1 aliphatic heterocycles. The van der Waals surface area contributed by atoms with Crippen LogP contribution >= 0.6 is 0 Å². The van der Waals surface area contributed by atoms with Crippen molar-refractivity contribution < 1.29 is 4.79 Å². The molecule has 19 heavy (non-hydrogen) atoms. The minimum atomic E-state index is -0.487. The van der Waals surface area contributed by atoms with Gasteiger partial charge in [0.2, 0.25) is 5.91 Å². The molecule has 1 amide bonds. The highest BCUT2D eigenvalue weighted by molar-refractivity contribution is 5.87. The third kappa shape index (κ3) is 2.75. The first-order chi connectivity index (χ1) is 8.93. The van der Waals surface area contributed by atoms with Gasteiger partial charge in [0.1, 0.15) is 0 Å². The summed E-state index contributed by atoms with van der Waals surface area (Å²) in [4.78, 5) is 14.9. The highest BCUT2D eigenvalue weighted by Gasteiger charge is 2.36. The summed E-state index contributed by atoms with van der Waals surface area (Å²) in [6, 6.07) is 8.01. The fraction of sp³-hybridized carbons (Fsp3) is 0.562. The van der Waals surface area contributed by atoms with Crippen LogP contribution in [0.1, 0.15) is 45.6 Å². The lowest BCUT2D eigenvalue weighted by Gasteiger charge is -2.39. The van der Waals surface area contributed by atoms with Crippen LogP contribution < -0.4 is 5.73 Å². The SMILES string of the molecule is CC1CCCCN1C(=O)C(C)(C)c1ccc(N)cc1. The number of carbonyl (C=O) groups excluding carboxylic acids is 1. The Morgan fingerprint density at radius 2 is 1.89 bits per heavy atom. The summed E-state index contributed by atoms with van der Waals surface area (Å²) < 4.78 is 0. The molecule has 3 heteroatoms. The molecule has 2 rings (SSSR count). The Kier molecular flexibility index (Phi) is 3.83. The zero-order chi connectivity index (χ0) is 14.0. The Balaban J connectivity index is 2.22. The van der Waals surface area contributed by atoms with Crippen molar-refractivity contribution in [3.8, 4) is 0 Å². The maximum atomic E-state index is 12.8. The first-order valence-corrected chi connectivity index (χ1v) is 7.10. The predicted molar refractivity (Wildman–Crippen MR) is 78.9 cm³/mol. The van der Waals surface area contributed by atoms with Crippen molar-refractivity contribution in [2.24, 2.45) is 0 Å². The molecule has 0 saturated carbocycles. The molecule has 0 aromatic heterocycles. The van der Waals surface area contributed by atoms with Crippen molar-refractivity contribution in [1.29, 1.82) is 0 Å². The predicted octanol–water partition coefficient (Wildman–Crippen LogP) is 2.95. The molecular weight excluding hydrogens is 236 g/mol. The van der Waals surface area contributed by atoms with Gasteiger partial charge in [0, 0.05) is 18.3 Å². The van der Waals surface area contributed by atoms with Crippen LogP contribution in [-0.4, -0.2) is 23.4 Å².